The molecule has 1 aromatic heterocycles. The summed E-state index contributed by atoms with van der Waals surface area (Å²) in [5, 5.41) is 3.10. The van der Waals surface area contributed by atoms with Crippen LogP contribution < -0.4 is 4.90 Å². The zero-order valence-corrected chi connectivity index (χ0v) is 33.8. The highest BCUT2D eigenvalue weighted by Crippen LogP contribution is 2.67. The molecule has 1 spiro atoms. The summed E-state index contributed by atoms with van der Waals surface area (Å²) in [4.78, 5) is 2.47. The van der Waals surface area contributed by atoms with Crippen LogP contribution in [0.15, 0.2) is 211 Å². The Hall–Kier alpha value is -6.68. The molecule has 0 radical (unpaired) electrons. The van der Waals surface area contributed by atoms with E-state index in [0.29, 0.717) is 0 Å². The molecule has 59 heavy (non-hydrogen) atoms. The molecule has 2 nitrogen and oxygen atoms in total. The maximum Gasteiger partial charge on any atom is 0.143 e. The molecule has 0 aliphatic heterocycles. The van der Waals surface area contributed by atoms with Crippen molar-refractivity contribution in [3.63, 3.8) is 0 Å². The summed E-state index contributed by atoms with van der Waals surface area (Å²) in [6, 6.07) is 66.7. The van der Waals surface area contributed by atoms with Gasteiger partial charge in [0, 0.05) is 50.4 Å². The third-order valence-corrected chi connectivity index (χ3v) is 13.7. The van der Waals surface area contributed by atoms with Crippen molar-refractivity contribution in [2.45, 2.75) is 16.7 Å². The quantitative estimate of drug-likeness (QED) is 0.155. The number of allylic oxidation sites excluding steroid dienone is 4. The third kappa shape index (κ3) is 4.98. The largest absolute Gasteiger partial charge is 0.455 e. The average molecular weight is 821 g/mol. The second kappa shape index (κ2) is 13.4. The second-order valence-electron chi connectivity index (χ2n) is 16.0. The smallest absolute Gasteiger partial charge is 0.143 e. The monoisotopic (exact) mass is 819 g/mol. The first-order valence-corrected chi connectivity index (χ1v) is 21.6. The van der Waals surface area contributed by atoms with E-state index in [-0.39, 0.29) is 17.3 Å². The Morgan fingerprint density at radius 2 is 1.14 bits per heavy atom. The normalized spacial score (nSPS) is 18.3. The molecule has 1 heterocycles. The average Bonchev–Trinajstić information content (AvgIpc) is 3.95. The molecule has 0 saturated carbocycles. The lowest BCUT2D eigenvalue weighted by Crippen LogP contribution is -2.33. The Morgan fingerprint density at radius 1 is 0.508 bits per heavy atom. The molecule has 0 bridgehead atoms. The molecule has 280 valence electrons. The van der Waals surface area contributed by atoms with Gasteiger partial charge in [-0.05, 0) is 86.5 Å². The first kappa shape index (κ1) is 34.4. The summed E-state index contributed by atoms with van der Waals surface area (Å²) in [7, 11) is 0. The first-order valence-electron chi connectivity index (χ1n) is 20.5. The first-order chi connectivity index (χ1) is 29.2. The molecule has 3 unspecified atom stereocenters. The van der Waals surface area contributed by atoms with Crippen LogP contribution in [0.1, 0.15) is 33.7 Å². The summed E-state index contributed by atoms with van der Waals surface area (Å²) in [6.07, 6.45) is 9.42. The van der Waals surface area contributed by atoms with Crippen LogP contribution >= 0.6 is 15.9 Å². The summed E-state index contributed by atoms with van der Waals surface area (Å²) >= 11 is 3.88. The van der Waals surface area contributed by atoms with Gasteiger partial charge in [-0.1, -0.05) is 186 Å². The fourth-order valence-corrected chi connectivity index (χ4v) is 11.2. The van der Waals surface area contributed by atoms with Crippen LogP contribution in [-0.4, -0.2) is 0 Å². The van der Waals surface area contributed by atoms with Crippen LogP contribution in [0, 0.1) is 5.92 Å². The molecule has 0 amide bonds. The van der Waals surface area contributed by atoms with Gasteiger partial charge in [-0.3, -0.25) is 0 Å². The minimum atomic E-state index is -0.334. The standard InChI is InChI=1S/C56H38BrNO/c57-35-39-15-10-23-49-53(39)45-17-4-7-21-47(45)56(49)48-22-8-5-18-46(48)54-50(56)24-12-25-51(54)58(40-31-27-37(28-32-40)36-13-2-1-3-14-36)41-33-29-38(30-34-41)42-19-11-20-44-43-16-6-9-26-52(43)59-55(42)44/h1-34,45,47H,35H2. The maximum atomic E-state index is 6.49. The number of anilines is 3. The van der Waals surface area contributed by atoms with Crippen molar-refractivity contribution in [1.82, 2.24) is 0 Å². The van der Waals surface area contributed by atoms with E-state index in [4.69, 9.17) is 4.42 Å². The zero-order chi connectivity index (χ0) is 39.1. The van der Waals surface area contributed by atoms with E-state index in [1.807, 2.05) is 6.07 Å². The topological polar surface area (TPSA) is 16.4 Å². The predicted octanol–water partition coefficient (Wildman–Crippen LogP) is 15.4. The number of halogens is 1. The van der Waals surface area contributed by atoms with Gasteiger partial charge >= 0.3 is 0 Å². The van der Waals surface area contributed by atoms with Gasteiger partial charge in [-0.25, -0.2) is 0 Å². The van der Waals surface area contributed by atoms with Gasteiger partial charge in [-0.2, -0.15) is 0 Å². The molecule has 3 aliphatic carbocycles. The van der Waals surface area contributed by atoms with Crippen LogP contribution in [0.3, 0.4) is 0 Å². The Balaban J connectivity index is 1.07. The second-order valence-corrected chi connectivity index (χ2v) is 16.5. The van der Waals surface area contributed by atoms with Crippen molar-refractivity contribution in [2.75, 3.05) is 4.90 Å². The molecule has 9 aromatic rings. The molecule has 8 aromatic carbocycles. The number of furan rings is 1. The molecule has 0 fully saturated rings. The number of hydrogen-bond donors (Lipinski definition) is 0. The highest BCUT2D eigenvalue weighted by molar-refractivity contribution is 9.08. The number of benzene rings is 8. The minimum Gasteiger partial charge on any atom is -0.455 e. The highest BCUT2D eigenvalue weighted by Gasteiger charge is 2.58. The van der Waals surface area contributed by atoms with E-state index >= 15 is 0 Å². The van der Waals surface area contributed by atoms with Crippen molar-refractivity contribution in [3.05, 3.63) is 234 Å². The van der Waals surface area contributed by atoms with Crippen LogP contribution in [-0.2, 0) is 10.7 Å². The van der Waals surface area contributed by atoms with E-state index in [1.165, 1.54) is 55.8 Å². The summed E-state index contributed by atoms with van der Waals surface area (Å²) in [5.41, 5.74) is 19.1. The van der Waals surface area contributed by atoms with Gasteiger partial charge in [0.25, 0.3) is 0 Å². The van der Waals surface area contributed by atoms with Gasteiger partial charge in [0.15, 0.2) is 0 Å². The van der Waals surface area contributed by atoms with E-state index in [2.05, 4.69) is 221 Å². The molecule has 3 heteroatoms. The van der Waals surface area contributed by atoms with E-state index in [1.54, 1.807) is 0 Å². The fraction of sp³-hybridized carbons (Fsp3) is 0.0714. The van der Waals surface area contributed by atoms with Gasteiger partial charge < -0.3 is 9.32 Å². The van der Waals surface area contributed by atoms with E-state index < -0.39 is 0 Å². The van der Waals surface area contributed by atoms with Crippen LogP contribution in [0.4, 0.5) is 17.1 Å². The van der Waals surface area contributed by atoms with E-state index in [9.17, 15) is 0 Å². The van der Waals surface area contributed by atoms with Crippen LogP contribution in [0.25, 0.3) is 55.3 Å². The van der Waals surface area contributed by atoms with Gasteiger partial charge in [0.1, 0.15) is 11.2 Å². The van der Waals surface area contributed by atoms with E-state index in [0.717, 1.165) is 49.8 Å². The number of alkyl halides is 1. The molecular weight excluding hydrogens is 783 g/mol. The Morgan fingerprint density at radius 3 is 1.97 bits per heavy atom. The number of rotatable bonds is 6. The molecule has 12 rings (SSSR count). The number of nitrogens with zero attached hydrogens (tertiary/aromatic N) is 1. The molecular formula is C56H38BrNO. The predicted molar refractivity (Wildman–Crippen MR) is 248 cm³/mol. The van der Waals surface area contributed by atoms with Crippen LogP contribution in [0.5, 0.6) is 0 Å². The molecule has 3 atom stereocenters. The van der Waals surface area contributed by atoms with Crippen molar-refractivity contribution < 1.29 is 4.42 Å². The van der Waals surface area contributed by atoms with Crippen molar-refractivity contribution >= 4 is 54.9 Å². The van der Waals surface area contributed by atoms with Gasteiger partial charge in [0.05, 0.1) is 11.1 Å². The van der Waals surface area contributed by atoms with Crippen molar-refractivity contribution in [1.29, 1.82) is 0 Å². The maximum absolute atomic E-state index is 6.49. The zero-order valence-electron chi connectivity index (χ0n) is 32.2. The fourth-order valence-electron chi connectivity index (χ4n) is 10.7. The van der Waals surface area contributed by atoms with Crippen molar-refractivity contribution in [3.8, 4) is 33.4 Å². The lowest BCUT2D eigenvalue weighted by molar-refractivity contribution is 0.465. The third-order valence-electron chi connectivity index (χ3n) is 13.1. The highest BCUT2D eigenvalue weighted by atomic mass is 79.9. The van der Waals surface area contributed by atoms with Gasteiger partial charge in [0.2, 0.25) is 0 Å². The van der Waals surface area contributed by atoms with Crippen LogP contribution in [0.2, 0.25) is 0 Å². The lowest BCUT2D eigenvalue weighted by Gasteiger charge is -2.36. The summed E-state index contributed by atoms with van der Waals surface area (Å²) < 4.78 is 6.49. The lowest BCUT2D eigenvalue weighted by atomic mass is 9.65. The van der Waals surface area contributed by atoms with Gasteiger partial charge in [-0.15, -0.1) is 0 Å². The number of hydrogen-bond acceptors (Lipinski definition) is 2. The SMILES string of the molecule is BrCc1cccc2c1C1C=CC=CC1C21c2ccccc2-c2c(N(c3ccc(-c4ccccc4)cc3)c3ccc(-c4cccc5c4oc4ccccc45)cc3)cccc21. The summed E-state index contributed by atoms with van der Waals surface area (Å²) in [6.45, 7) is 0. The molecule has 0 N–H and O–H groups in total. The Bertz CT molecular complexity index is 3160. The number of fused-ring (bicyclic) bond motifs is 13. The minimum absolute atomic E-state index is 0.249. The molecule has 0 saturated heterocycles. The Kier molecular flexibility index (Phi) is 7.83. The summed E-state index contributed by atoms with van der Waals surface area (Å²) in [5.74, 6) is 0.538. The number of para-hydroxylation sites is 2. The molecule has 3 aliphatic rings. The Labute approximate surface area is 352 Å². The van der Waals surface area contributed by atoms with Crippen molar-refractivity contribution in [2.24, 2.45) is 5.92 Å².